The van der Waals surface area contributed by atoms with Crippen molar-refractivity contribution in [2.45, 2.75) is 32.7 Å². The first kappa shape index (κ1) is 25.0. The highest BCUT2D eigenvalue weighted by molar-refractivity contribution is 7.22. The zero-order valence-electron chi connectivity index (χ0n) is 20.8. The van der Waals surface area contributed by atoms with Crippen molar-refractivity contribution >= 4 is 55.7 Å². The Balaban J connectivity index is 1.74. The van der Waals surface area contributed by atoms with E-state index >= 15 is 0 Å². The molecule has 1 saturated heterocycles. The fraction of sp³-hybridized carbons (Fsp3) is 0.207. The Morgan fingerprint density at radius 1 is 1.11 bits per heavy atom. The third-order valence-electron chi connectivity index (χ3n) is 6.49. The molecule has 1 aromatic heterocycles. The molecule has 188 valence electrons. The van der Waals surface area contributed by atoms with Crippen LogP contribution in [0.5, 0.6) is 5.75 Å². The molecule has 1 amide bonds. The van der Waals surface area contributed by atoms with Crippen LogP contribution in [0.4, 0.5) is 5.13 Å². The number of Topliss-reactive ketones (excluding diaryl/α,β-unsaturated/α-hetero) is 1. The van der Waals surface area contributed by atoms with Crippen LogP contribution in [0.1, 0.15) is 48.1 Å². The maximum absolute atomic E-state index is 13.5. The molecule has 0 bridgehead atoms. The number of anilines is 1. The molecule has 1 unspecified atom stereocenters. The highest BCUT2D eigenvalue weighted by atomic mass is 35.5. The maximum Gasteiger partial charge on any atom is 0.301 e. The number of hydrogen-bond acceptors (Lipinski definition) is 6. The number of aromatic nitrogens is 1. The first-order valence-corrected chi connectivity index (χ1v) is 13.0. The molecule has 1 aliphatic rings. The lowest BCUT2D eigenvalue weighted by molar-refractivity contribution is -0.132. The van der Waals surface area contributed by atoms with Gasteiger partial charge >= 0.3 is 5.91 Å². The molecule has 37 heavy (non-hydrogen) atoms. The van der Waals surface area contributed by atoms with Crippen LogP contribution >= 0.6 is 22.9 Å². The van der Waals surface area contributed by atoms with E-state index in [1.165, 1.54) is 29.4 Å². The number of fused-ring (bicyclic) bond motifs is 1. The van der Waals surface area contributed by atoms with E-state index in [1.54, 1.807) is 12.1 Å². The fourth-order valence-electron chi connectivity index (χ4n) is 4.59. The molecule has 0 saturated carbocycles. The minimum atomic E-state index is -0.881. The normalized spacial score (nSPS) is 17.2. The van der Waals surface area contributed by atoms with E-state index in [4.69, 9.17) is 21.3 Å². The highest BCUT2D eigenvalue weighted by Gasteiger charge is 2.48. The molecule has 5 rings (SSSR count). The Morgan fingerprint density at radius 3 is 2.59 bits per heavy atom. The lowest BCUT2D eigenvalue weighted by Gasteiger charge is -2.23. The van der Waals surface area contributed by atoms with E-state index in [0.29, 0.717) is 27.4 Å². The minimum absolute atomic E-state index is 0.0432. The number of amides is 1. The van der Waals surface area contributed by atoms with Gasteiger partial charge in [0, 0.05) is 5.02 Å². The molecule has 2 heterocycles. The number of benzene rings is 3. The summed E-state index contributed by atoms with van der Waals surface area (Å²) >= 11 is 7.55. The highest BCUT2D eigenvalue weighted by Crippen LogP contribution is 2.45. The van der Waals surface area contributed by atoms with Crippen LogP contribution in [0.3, 0.4) is 0 Å². The SMILES string of the molecule is COc1ccc(Cl)cc1/C(O)=C1\C(=O)C(=O)N(c2nc3ccc(C(C)C)cc3s2)C1c1cccc(C)c1. The molecule has 1 N–H and O–H groups in total. The summed E-state index contributed by atoms with van der Waals surface area (Å²) in [6, 6.07) is 17.4. The van der Waals surface area contributed by atoms with Gasteiger partial charge in [0.1, 0.15) is 11.5 Å². The predicted molar refractivity (Wildman–Crippen MR) is 148 cm³/mol. The number of carbonyl (C=O) groups excluding carboxylic acids is 2. The zero-order chi connectivity index (χ0) is 26.4. The summed E-state index contributed by atoms with van der Waals surface area (Å²) in [6.07, 6.45) is 0. The van der Waals surface area contributed by atoms with Crippen LogP contribution in [-0.2, 0) is 9.59 Å². The van der Waals surface area contributed by atoms with Crippen molar-refractivity contribution in [1.82, 2.24) is 4.98 Å². The number of aliphatic hydroxyl groups is 1. The van der Waals surface area contributed by atoms with Crippen molar-refractivity contribution in [3.8, 4) is 5.75 Å². The van der Waals surface area contributed by atoms with Crippen LogP contribution in [0.25, 0.3) is 16.0 Å². The minimum Gasteiger partial charge on any atom is -0.507 e. The summed E-state index contributed by atoms with van der Waals surface area (Å²) in [4.78, 5) is 33.1. The van der Waals surface area contributed by atoms with Gasteiger partial charge in [0.15, 0.2) is 5.13 Å². The van der Waals surface area contributed by atoms with Crippen molar-refractivity contribution in [3.05, 3.63) is 93.5 Å². The molecule has 0 aliphatic carbocycles. The number of rotatable bonds is 5. The van der Waals surface area contributed by atoms with Crippen LogP contribution in [0.2, 0.25) is 5.02 Å². The smallest absolute Gasteiger partial charge is 0.301 e. The number of ether oxygens (including phenoxy) is 1. The molecule has 0 radical (unpaired) electrons. The van der Waals surface area contributed by atoms with Crippen molar-refractivity contribution in [3.63, 3.8) is 0 Å². The van der Waals surface area contributed by atoms with Crippen LogP contribution in [0.15, 0.2) is 66.2 Å². The number of methoxy groups -OCH3 is 1. The van der Waals surface area contributed by atoms with Gasteiger partial charge in [0.25, 0.3) is 5.78 Å². The number of thiazole rings is 1. The molecular weight excluding hydrogens is 508 g/mol. The third-order valence-corrected chi connectivity index (χ3v) is 7.75. The van der Waals surface area contributed by atoms with Crippen LogP contribution < -0.4 is 9.64 Å². The predicted octanol–water partition coefficient (Wildman–Crippen LogP) is 7.02. The van der Waals surface area contributed by atoms with Crippen molar-refractivity contribution in [1.29, 1.82) is 0 Å². The van der Waals surface area contributed by atoms with Gasteiger partial charge in [0.2, 0.25) is 0 Å². The second kappa shape index (κ2) is 9.65. The van der Waals surface area contributed by atoms with Crippen molar-refractivity contribution in [2.24, 2.45) is 0 Å². The number of nitrogens with zero attached hydrogens (tertiary/aromatic N) is 2. The largest absolute Gasteiger partial charge is 0.507 e. The number of aryl methyl sites for hydroxylation is 1. The lowest BCUT2D eigenvalue weighted by Crippen LogP contribution is -2.29. The van der Waals surface area contributed by atoms with Gasteiger partial charge in [-0.2, -0.15) is 0 Å². The molecule has 8 heteroatoms. The fourth-order valence-corrected chi connectivity index (χ4v) is 5.80. The Labute approximate surface area is 223 Å². The van der Waals surface area contributed by atoms with E-state index in [0.717, 1.165) is 21.3 Å². The monoisotopic (exact) mass is 532 g/mol. The Hall–Kier alpha value is -3.68. The van der Waals surface area contributed by atoms with E-state index in [1.807, 2.05) is 43.3 Å². The average molecular weight is 533 g/mol. The quantitative estimate of drug-likeness (QED) is 0.170. The molecule has 1 atom stereocenters. The van der Waals surface area contributed by atoms with Gasteiger partial charge in [-0.3, -0.25) is 14.5 Å². The Bertz CT molecular complexity index is 1590. The zero-order valence-corrected chi connectivity index (χ0v) is 22.4. The van der Waals surface area contributed by atoms with Crippen molar-refractivity contribution < 1.29 is 19.4 Å². The van der Waals surface area contributed by atoms with Gasteiger partial charge < -0.3 is 9.84 Å². The van der Waals surface area contributed by atoms with Crippen LogP contribution in [0, 0.1) is 6.92 Å². The topological polar surface area (TPSA) is 79.7 Å². The van der Waals surface area contributed by atoms with E-state index in [2.05, 4.69) is 19.9 Å². The van der Waals surface area contributed by atoms with E-state index in [9.17, 15) is 14.7 Å². The Kier molecular flexibility index (Phi) is 6.52. The summed E-state index contributed by atoms with van der Waals surface area (Å²) < 4.78 is 6.33. The van der Waals surface area contributed by atoms with Gasteiger partial charge in [-0.25, -0.2) is 4.98 Å². The molecule has 3 aromatic carbocycles. The van der Waals surface area contributed by atoms with Gasteiger partial charge in [-0.1, -0.05) is 72.7 Å². The Morgan fingerprint density at radius 2 is 1.89 bits per heavy atom. The first-order valence-electron chi connectivity index (χ1n) is 11.8. The third kappa shape index (κ3) is 4.38. The molecule has 1 fully saturated rings. The van der Waals surface area contributed by atoms with Crippen molar-refractivity contribution in [2.75, 3.05) is 12.0 Å². The van der Waals surface area contributed by atoms with Crippen LogP contribution in [-0.4, -0.2) is 28.9 Å². The lowest BCUT2D eigenvalue weighted by atomic mass is 9.94. The standard InChI is InChI=1S/C29H25ClN2O4S/c1-15(2)17-8-10-21-23(13-17)37-29(31-21)32-25(18-7-5-6-16(3)12-18)24(27(34)28(32)35)26(33)20-14-19(30)9-11-22(20)36-4/h5-15,25,33H,1-4H3/b26-24+. The second-order valence-corrected chi connectivity index (χ2v) is 10.8. The molecule has 6 nitrogen and oxygen atoms in total. The first-order chi connectivity index (χ1) is 17.7. The molecule has 0 spiro atoms. The summed E-state index contributed by atoms with van der Waals surface area (Å²) in [6.45, 7) is 6.16. The number of ketones is 1. The summed E-state index contributed by atoms with van der Waals surface area (Å²) in [5, 5.41) is 12.2. The van der Waals surface area contributed by atoms with E-state index < -0.39 is 17.7 Å². The van der Waals surface area contributed by atoms with Gasteiger partial charge in [-0.15, -0.1) is 0 Å². The average Bonchev–Trinajstić information content (AvgIpc) is 3.41. The maximum atomic E-state index is 13.5. The summed E-state index contributed by atoms with van der Waals surface area (Å²) in [5.41, 5.74) is 3.73. The number of aliphatic hydroxyl groups excluding tert-OH is 1. The number of carbonyl (C=O) groups is 2. The summed E-state index contributed by atoms with van der Waals surface area (Å²) in [7, 11) is 1.46. The van der Waals surface area contributed by atoms with Gasteiger partial charge in [0.05, 0.1) is 34.5 Å². The molecule has 1 aliphatic heterocycles. The molecule has 4 aromatic rings. The second-order valence-electron chi connectivity index (χ2n) is 9.31. The summed E-state index contributed by atoms with van der Waals surface area (Å²) in [5.74, 6) is -1.23. The number of halogens is 1. The van der Waals surface area contributed by atoms with Gasteiger partial charge in [-0.05, 0) is 54.3 Å². The van der Waals surface area contributed by atoms with E-state index in [-0.39, 0.29) is 16.9 Å². The number of hydrogen-bond donors (Lipinski definition) is 1. The molecular formula is C29H25ClN2O4S.